The second kappa shape index (κ2) is 5.54. The molecule has 0 saturated heterocycles. The number of hydrogen-bond donors (Lipinski definition) is 2. The zero-order valence-corrected chi connectivity index (χ0v) is 9.74. The molecule has 0 aliphatic heterocycles. The highest BCUT2D eigenvalue weighted by atomic mass is 35.5. The third-order valence-electron chi connectivity index (χ3n) is 2.00. The summed E-state index contributed by atoms with van der Waals surface area (Å²) in [7, 11) is 0. The van der Waals surface area contributed by atoms with Gasteiger partial charge in [-0.2, -0.15) is 0 Å². The molecule has 0 aliphatic carbocycles. The fourth-order valence-electron chi connectivity index (χ4n) is 1.04. The average molecular weight is 252 g/mol. The molecule has 84 valence electrons. The third kappa shape index (κ3) is 3.52. The summed E-state index contributed by atoms with van der Waals surface area (Å²) in [6.45, 7) is 2.26. The van der Waals surface area contributed by atoms with Crippen LogP contribution in [0.1, 0.15) is 13.3 Å². The normalized spacial score (nSPS) is 12.6. The van der Waals surface area contributed by atoms with Crippen LogP contribution in [-0.2, 0) is 0 Å². The van der Waals surface area contributed by atoms with Crippen molar-refractivity contribution in [1.29, 1.82) is 0 Å². The first-order valence-electron chi connectivity index (χ1n) is 4.61. The molecule has 0 radical (unpaired) electrons. The summed E-state index contributed by atoms with van der Waals surface area (Å²) >= 11 is 11.2. The van der Waals surface area contributed by atoms with Crippen molar-refractivity contribution in [3.63, 3.8) is 0 Å². The van der Waals surface area contributed by atoms with Crippen LogP contribution in [0.15, 0.2) is 12.1 Å². The Morgan fingerprint density at radius 1 is 1.40 bits per heavy atom. The topological polar surface area (TPSA) is 32.3 Å². The summed E-state index contributed by atoms with van der Waals surface area (Å²) in [6.07, 6.45) is 0.211. The van der Waals surface area contributed by atoms with E-state index in [4.69, 9.17) is 23.2 Å². The minimum atomic E-state index is -0.625. The van der Waals surface area contributed by atoms with Crippen LogP contribution < -0.4 is 5.32 Å². The van der Waals surface area contributed by atoms with E-state index in [2.05, 4.69) is 5.32 Å². The molecule has 15 heavy (non-hydrogen) atoms. The van der Waals surface area contributed by atoms with Gasteiger partial charge in [-0.1, -0.05) is 30.1 Å². The van der Waals surface area contributed by atoms with Crippen LogP contribution in [0.4, 0.5) is 10.1 Å². The van der Waals surface area contributed by atoms with Crippen molar-refractivity contribution in [2.75, 3.05) is 11.9 Å². The second-order valence-corrected chi connectivity index (χ2v) is 4.01. The number of halogens is 3. The van der Waals surface area contributed by atoms with Crippen LogP contribution in [-0.4, -0.2) is 17.8 Å². The van der Waals surface area contributed by atoms with E-state index in [9.17, 15) is 9.50 Å². The van der Waals surface area contributed by atoms with Crippen LogP contribution >= 0.6 is 23.2 Å². The molecule has 5 heteroatoms. The molecule has 0 aromatic heterocycles. The number of hydrogen-bond acceptors (Lipinski definition) is 2. The number of benzene rings is 1. The monoisotopic (exact) mass is 251 g/mol. The van der Waals surface area contributed by atoms with Crippen molar-refractivity contribution in [2.45, 2.75) is 19.4 Å². The number of aliphatic hydroxyl groups excluding tert-OH is 1. The molecule has 0 amide bonds. The summed E-state index contributed by atoms with van der Waals surface area (Å²) in [4.78, 5) is 0. The van der Waals surface area contributed by atoms with Gasteiger partial charge in [0.15, 0.2) is 5.82 Å². The fourth-order valence-corrected chi connectivity index (χ4v) is 1.52. The summed E-state index contributed by atoms with van der Waals surface area (Å²) in [5.74, 6) is -0.625. The lowest BCUT2D eigenvalue weighted by atomic mass is 10.2. The van der Waals surface area contributed by atoms with Gasteiger partial charge in [-0.25, -0.2) is 4.39 Å². The molecule has 1 rings (SSSR count). The second-order valence-electron chi connectivity index (χ2n) is 3.20. The molecule has 2 nitrogen and oxygen atoms in total. The van der Waals surface area contributed by atoms with Crippen molar-refractivity contribution in [2.24, 2.45) is 0 Å². The predicted molar refractivity (Wildman–Crippen MR) is 61.2 cm³/mol. The highest BCUT2D eigenvalue weighted by Crippen LogP contribution is 2.27. The molecule has 0 bridgehead atoms. The smallest absolute Gasteiger partial charge is 0.160 e. The third-order valence-corrected chi connectivity index (χ3v) is 2.55. The van der Waals surface area contributed by atoms with Crippen molar-refractivity contribution >= 4 is 28.9 Å². The van der Waals surface area contributed by atoms with Gasteiger partial charge < -0.3 is 10.4 Å². The van der Waals surface area contributed by atoms with E-state index >= 15 is 0 Å². The standard InChI is InChI=1S/C10H12Cl2FNO/c1-2-7(15)5-14-6-3-8(11)10(13)9(12)4-6/h3-4,7,14-15H,2,5H2,1H3. The summed E-state index contributed by atoms with van der Waals surface area (Å²) in [6, 6.07) is 2.87. The maximum Gasteiger partial charge on any atom is 0.160 e. The minimum absolute atomic E-state index is 0.0315. The van der Waals surface area contributed by atoms with Crippen molar-refractivity contribution < 1.29 is 9.50 Å². The highest BCUT2D eigenvalue weighted by molar-refractivity contribution is 6.35. The maximum absolute atomic E-state index is 13.0. The molecule has 0 saturated carbocycles. The van der Waals surface area contributed by atoms with Crippen molar-refractivity contribution in [3.8, 4) is 0 Å². The Morgan fingerprint density at radius 3 is 2.40 bits per heavy atom. The molecule has 1 aromatic rings. The zero-order chi connectivity index (χ0) is 11.4. The van der Waals surface area contributed by atoms with E-state index in [1.807, 2.05) is 6.92 Å². The first-order valence-corrected chi connectivity index (χ1v) is 5.36. The van der Waals surface area contributed by atoms with Crippen LogP contribution in [0.25, 0.3) is 0 Å². The Labute approximate surface area is 98.0 Å². The van der Waals surface area contributed by atoms with E-state index in [1.165, 1.54) is 12.1 Å². The first kappa shape index (κ1) is 12.6. The lowest BCUT2D eigenvalue weighted by Gasteiger charge is -2.11. The lowest BCUT2D eigenvalue weighted by molar-refractivity contribution is 0.183. The minimum Gasteiger partial charge on any atom is -0.391 e. The summed E-state index contributed by atoms with van der Waals surface area (Å²) < 4.78 is 13.0. The Balaban J connectivity index is 2.70. The number of anilines is 1. The molecular weight excluding hydrogens is 240 g/mol. The van der Waals surface area contributed by atoms with Crippen LogP contribution in [0.5, 0.6) is 0 Å². The predicted octanol–water partition coefficient (Wildman–Crippen LogP) is 3.32. The Kier molecular flexibility index (Phi) is 4.64. The van der Waals surface area contributed by atoms with Gasteiger partial charge in [0.25, 0.3) is 0 Å². The molecule has 0 heterocycles. The molecule has 0 aliphatic rings. The van der Waals surface area contributed by atoms with Crippen LogP contribution in [0.3, 0.4) is 0 Å². The number of nitrogens with one attached hydrogen (secondary N) is 1. The SMILES string of the molecule is CCC(O)CNc1cc(Cl)c(F)c(Cl)c1. The van der Waals surface area contributed by atoms with Gasteiger partial charge in [0.1, 0.15) is 0 Å². The van der Waals surface area contributed by atoms with Crippen molar-refractivity contribution in [1.82, 2.24) is 0 Å². The Hall–Kier alpha value is -0.510. The summed E-state index contributed by atoms with van der Waals surface area (Å²) in [5, 5.41) is 12.2. The number of aliphatic hydroxyl groups is 1. The van der Waals surface area contributed by atoms with E-state index < -0.39 is 11.9 Å². The van der Waals surface area contributed by atoms with Gasteiger partial charge in [0, 0.05) is 12.2 Å². The molecular formula is C10H12Cl2FNO. The summed E-state index contributed by atoms with van der Waals surface area (Å²) in [5.41, 5.74) is 0.596. The van der Waals surface area contributed by atoms with Gasteiger partial charge in [-0.15, -0.1) is 0 Å². The zero-order valence-electron chi connectivity index (χ0n) is 8.23. The Bertz CT molecular complexity index is 323. The van der Waals surface area contributed by atoms with Gasteiger partial charge in [0.2, 0.25) is 0 Å². The molecule has 0 spiro atoms. The first-order chi connectivity index (χ1) is 7.04. The molecule has 1 unspecified atom stereocenters. The Morgan fingerprint density at radius 2 is 1.93 bits per heavy atom. The average Bonchev–Trinajstić information content (AvgIpc) is 2.22. The number of rotatable bonds is 4. The van der Waals surface area contributed by atoms with E-state index in [0.29, 0.717) is 18.7 Å². The van der Waals surface area contributed by atoms with E-state index in [0.717, 1.165) is 0 Å². The van der Waals surface area contributed by atoms with E-state index in [-0.39, 0.29) is 10.0 Å². The molecule has 1 atom stereocenters. The van der Waals surface area contributed by atoms with Gasteiger partial charge in [-0.3, -0.25) is 0 Å². The van der Waals surface area contributed by atoms with Gasteiger partial charge >= 0.3 is 0 Å². The maximum atomic E-state index is 13.0. The van der Waals surface area contributed by atoms with Crippen LogP contribution in [0.2, 0.25) is 10.0 Å². The highest BCUT2D eigenvalue weighted by Gasteiger charge is 2.08. The quantitative estimate of drug-likeness (QED) is 0.805. The van der Waals surface area contributed by atoms with Crippen molar-refractivity contribution in [3.05, 3.63) is 28.0 Å². The molecule has 2 N–H and O–H groups in total. The molecule has 1 aromatic carbocycles. The fraction of sp³-hybridized carbons (Fsp3) is 0.400. The largest absolute Gasteiger partial charge is 0.391 e. The van der Waals surface area contributed by atoms with Gasteiger partial charge in [0.05, 0.1) is 16.1 Å². The van der Waals surface area contributed by atoms with Gasteiger partial charge in [-0.05, 0) is 18.6 Å². The molecule has 0 fully saturated rings. The van der Waals surface area contributed by atoms with Crippen LogP contribution in [0, 0.1) is 5.82 Å². The van der Waals surface area contributed by atoms with E-state index in [1.54, 1.807) is 0 Å². The lowest BCUT2D eigenvalue weighted by Crippen LogP contribution is -2.18.